The van der Waals surface area contributed by atoms with Gasteiger partial charge in [0.15, 0.2) is 5.70 Å². The predicted octanol–water partition coefficient (Wildman–Crippen LogP) is 4.56. The zero-order chi connectivity index (χ0) is 14.8. The van der Waals surface area contributed by atoms with Crippen molar-refractivity contribution in [3.8, 4) is 0 Å². The fourth-order valence-electron chi connectivity index (χ4n) is 1.88. The molecule has 5 heteroatoms. The summed E-state index contributed by atoms with van der Waals surface area (Å²) in [6.07, 6.45) is 1.71. The zero-order valence-corrected chi connectivity index (χ0v) is 13.9. The maximum absolute atomic E-state index is 11.9. The maximum atomic E-state index is 11.9. The van der Waals surface area contributed by atoms with E-state index in [-0.39, 0.29) is 0 Å². The number of ether oxygens (including phenoxy) is 1. The molecule has 0 aromatic heterocycles. The summed E-state index contributed by atoms with van der Waals surface area (Å²) in [7, 11) is 0. The highest BCUT2D eigenvalue weighted by atomic mass is 79.9. The molecule has 0 amide bonds. The standard InChI is InChI=1S/C16H9Br2NO2/c17-12-6-4-11(5-7-12)15-19-14(16(20)21-15)9-10-2-1-3-13(18)8-10/h1-9H/b14-9+. The Balaban J connectivity index is 1.93. The van der Waals surface area contributed by atoms with Crippen LogP contribution in [0.1, 0.15) is 11.1 Å². The molecule has 2 aromatic carbocycles. The van der Waals surface area contributed by atoms with Crippen molar-refractivity contribution in [3.63, 3.8) is 0 Å². The molecule has 3 rings (SSSR count). The second kappa shape index (κ2) is 5.95. The Hall–Kier alpha value is -1.72. The minimum atomic E-state index is -0.437. The Labute approximate surface area is 138 Å². The number of aliphatic imine (C=N–C) groups is 1. The molecule has 3 nitrogen and oxygen atoms in total. The number of cyclic esters (lactones) is 1. The lowest BCUT2D eigenvalue weighted by Gasteiger charge is -1.98. The number of hydrogen-bond donors (Lipinski definition) is 0. The van der Waals surface area contributed by atoms with Gasteiger partial charge in [0.2, 0.25) is 5.90 Å². The van der Waals surface area contributed by atoms with Crippen molar-refractivity contribution in [2.24, 2.45) is 4.99 Å². The largest absolute Gasteiger partial charge is 0.402 e. The van der Waals surface area contributed by atoms with Crippen LogP contribution in [0.2, 0.25) is 0 Å². The molecule has 2 aromatic rings. The Kier molecular flexibility index (Phi) is 4.03. The second-order valence-electron chi connectivity index (χ2n) is 4.40. The highest BCUT2D eigenvalue weighted by Gasteiger charge is 2.23. The molecule has 1 aliphatic heterocycles. The number of nitrogens with zero attached hydrogens (tertiary/aromatic N) is 1. The van der Waals surface area contributed by atoms with Gasteiger partial charge in [-0.25, -0.2) is 9.79 Å². The van der Waals surface area contributed by atoms with Gasteiger partial charge < -0.3 is 4.74 Å². The summed E-state index contributed by atoms with van der Waals surface area (Å²) in [5.74, 6) is -0.110. The van der Waals surface area contributed by atoms with Gasteiger partial charge in [0.25, 0.3) is 0 Å². The van der Waals surface area contributed by atoms with E-state index in [2.05, 4.69) is 36.9 Å². The molecule has 0 saturated carbocycles. The van der Waals surface area contributed by atoms with Gasteiger partial charge in [0.05, 0.1) is 0 Å². The predicted molar refractivity (Wildman–Crippen MR) is 88.9 cm³/mol. The van der Waals surface area contributed by atoms with Crippen LogP contribution in [0.15, 0.2) is 68.2 Å². The molecule has 0 bridgehead atoms. The van der Waals surface area contributed by atoms with Gasteiger partial charge in [-0.05, 0) is 48.0 Å². The smallest absolute Gasteiger partial charge is 0.363 e. The molecule has 0 fully saturated rings. The first-order valence-corrected chi connectivity index (χ1v) is 7.74. The number of hydrogen-bond acceptors (Lipinski definition) is 3. The summed E-state index contributed by atoms with van der Waals surface area (Å²) >= 11 is 6.76. The van der Waals surface area contributed by atoms with Crippen LogP contribution in [-0.2, 0) is 9.53 Å². The van der Waals surface area contributed by atoms with Crippen molar-refractivity contribution < 1.29 is 9.53 Å². The Morgan fingerprint density at radius 3 is 2.48 bits per heavy atom. The van der Waals surface area contributed by atoms with Gasteiger partial charge in [0, 0.05) is 14.5 Å². The van der Waals surface area contributed by atoms with E-state index in [0.29, 0.717) is 11.6 Å². The first-order valence-electron chi connectivity index (χ1n) is 6.16. The number of esters is 1. The molecular formula is C16H9Br2NO2. The molecular weight excluding hydrogens is 398 g/mol. The van der Waals surface area contributed by atoms with E-state index in [1.165, 1.54) is 0 Å². The summed E-state index contributed by atoms with van der Waals surface area (Å²) in [5.41, 5.74) is 1.95. The lowest BCUT2D eigenvalue weighted by molar-refractivity contribution is -0.129. The minimum absolute atomic E-state index is 0.297. The van der Waals surface area contributed by atoms with Crippen LogP contribution in [0.5, 0.6) is 0 Å². The molecule has 0 saturated heterocycles. The first-order chi connectivity index (χ1) is 10.1. The molecule has 0 N–H and O–H groups in total. The van der Waals surface area contributed by atoms with Crippen molar-refractivity contribution in [1.29, 1.82) is 0 Å². The van der Waals surface area contributed by atoms with Gasteiger partial charge in [-0.2, -0.15) is 0 Å². The lowest BCUT2D eigenvalue weighted by atomic mass is 10.2. The zero-order valence-electron chi connectivity index (χ0n) is 10.7. The quantitative estimate of drug-likeness (QED) is 0.541. The van der Waals surface area contributed by atoms with E-state index in [1.807, 2.05) is 48.5 Å². The van der Waals surface area contributed by atoms with Crippen LogP contribution in [0.25, 0.3) is 6.08 Å². The van der Waals surface area contributed by atoms with Gasteiger partial charge in [-0.1, -0.05) is 44.0 Å². The number of carbonyl (C=O) groups excluding carboxylic acids is 1. The molecule has 0 aliphatic carbocycles. The normalized spacial score (nSPS) is 16.0. The molecule has 104 valence electrons. The minimum Gasteiger partial charge on any atom is -0.402 e. The number of halogens is 2. The molecule has 0 atom stereocenters. The van der Waals surface area contributed by atoms with Crippen molar-refractivity contribution >= 4 is 49.8 Å². The molecule has 1 heterocycles. The summed E-state index contributed by atoms with van der Waals surface area (Å²) in [6, 6.07) is 15.1. The molecule has 0 radical (unpaired) electrons. The average molecular weight is 407 g/mol. The third kappa shape index (κ3) is 3.31. The van der Waals surface area contributed by atoms with E-state index in [1.54, 1.807) is 6.08 Å². The third-order valence-corrected chi connectivity index (χ3v) is 3.89. The second-order valence-corrected chi connectivity index (χ2v) is 6.23. The van der Waals surface area contributed by atoms with E-state index < -0.39 is 5.97 Å². The number of benzene rings is 2. The SMILES string of the molecule is O=C1OC(c2ccc(Br)cc2)=N/C1=C/c1cccc(Br)c1. The Morgan fingerprint density at radius 1 is 1.00 bits per heavy atom. The Morgan fingerprint density at radius 2 is 1.76 bits per heavy atom. The van der Waals surface area contributed by atoms with Gasteiger partial charge >= 0.3 is 5.97 Å². The summed E-state index contributed by atoms with van der Waals surface area (Å²) < 4.78 is 7.12. The van der Waals surface area contributed by atoms with Crippen LogP contribution >= 0.6 is 31.9 Å². The molecule has 0 unspecified atom stereocenters. The van der Waals surface area contributed by atoms with Crippen molar-refractivity contribution in [1.82, 2.24) is 0 Å². The summed E-state index contributed by atoms with van der Waals surface area (Å²) in [4.78, 5) is 16.2. The fourth-order valence-corrected chi connectivity index (χ4v) is 2.56. The third-order valence-electron chi connectivity index (χ3n) is 2.86. The summed E-state index contributed by atoms with van der Waals surface area (Å²) in [6.45, 7) is 0. The Bertz CT molecular complexity index is 764. The van der Waals surface area contributed by atoms with E-state index in [4.69, 9.17) is 4.74 Å². The van der Waals surface area contributed by atoms with Crippen LogP contribution in [0.3, 0.4) is 0 Å². The average Bonchev–Trinajstić information content (AvgIpc) is 2.81. The molecule has 1 aliphatic rings. The first kappa shape index (κ1) is 14.2. The van der Waals surface area contributed by atoms with Crippen LogP contribution in [-0.4, -0.2) is 11.9 Å². The molecule has 21 heavy (non-hydrogen) atoms. The highest BCUT2D eigenvalue weighted by Crippen LogP contribution is 2.21. The lowest BCUT2D eigenvalue weighted by Crippen LogP contribution is -2.05. The van der Waals surface area contributed by atoms with Gasteiger partial charge in [-0.3, -0.25) is 0 Å². The van der Waals surface area contributed by atoms with Crippen LogP contribution in [0.4, 0.5) is 0 Å². The highest BCUT2D eigenvalue weighted by molar-refractivity contribution is 9.10. The number of rotatable bonds is 2. The van der Waals surface area contributed by atoms with E-state index in [9.17, 15) is 4.79 Å². The monoisotopic (exact) mass is 405 g/mol. The van der Waals surface area contributed by atoms with Crippen molar-refractivity contribution in [2.45, 2.75) is 0 Å². The van der Waals surface area contributed by atoms with Crippen LogP contribution < -0.4 is 0 Å². The number of carbonyl (C=O) groups is 1. The van der Waals surface area contributed by atoms with Gasteiger partial charge in [0.1, 0.15) is 0 Å². The van der Waals surface area contributed by atoms with Gasteiger partial charge in [-0.15, -0.1) is 0 Å². The summed E-state index contributed by atoms with van der Waals surface area (Å²) in [5, 5.41) is 0. The fraction of sp³-hybridized carbons (Fsp3) is 0. The van der Waals surface area contributed by atoms with Crippen molar-refractivity contribution in [2.75, 3.05) is 0 Å². The van der Waals surface area contributed by atoms with Crippen molar-refractivity contribution in [3.05, 3.63) is 74.3 Å². The van der Waals surface area contributed by atoms with E-state index >= 15 is 0 Å². The molecule has 0 spiro atoms. The topological polar surface area (TPSA) is 38.7 Å². The van der Waals surface area contributed by atoms with E-state index in [0.717, 1.165) is 20.1 Å². The maximum Gasteiger partial charge on any atom is 0.363 e. The van der Waals surface area contributed by atoms with Crippen LogP contribution in [0, 0.1) is 0 Å².